The second kappa shape index (κ2) is 11.9. The normalized spacial score (nSPS) is 14.2. The van der Waals surface area contributed by atoms with E-state index in [0.29, 0.717) is 42.6 Å². The Labute approximate surface area is 189 Å². The fourth-order valence-corrected chi connectivity index (χ4v) is 4.47. The van der Waals surface area contributed by atoms with Crippen LogP contribution >= 0.6 is 11.8 Å². The molecular weight excluding hydrogens is 412 g/mol. The van der Waals surface area contributed by atoms with E-state index in [1.165, 1.54) is 0 Å². The first kappa shape index (κ1) is 23.3. The molecule has 3 rings (SSSR count). The molecule has 0 aromatic heterocycles. The van der Waals surface area contributed by atoms with Crippen LogP contribution in [0.4, 0.5) is 5.69 Å². The van der Waals surface area contributed by atoms with Crippen LogP contribution in [0.25, 0.3) is 0 Å². The molecule has 0 unspecified atom stereocenters. The highest BCUT2D eigenvalue weighted by molar-refractivity contribution is 7.99. The summed E-state index contributed by atoms with van der Waals surface area (Å²) >= 11 is 1.99. The molecule has 0 saturated carbocycles. The lowest BCUT2D eigenvalue weighted by molar-refractivity contribution is 0.102. The highest BCUT2D eigenvalue weighted by Crippen LogP contribution is 2.39. The van der Waals surface area contributed by atoms with E-state index in [0.717, 1.165) is 42.4 Å². The third kappa shape index (κ3) is 6.31. The summed E-state index contributed by atoms with van der Waals surface area (Å²) in [5.41, 5.74) is 2.42. The number of hydrogen-bond acceptors (Lipinski definition) is 6. The summed E-state index contributed by atoms with van der Waals surface area (Å²) in [7, 11) is 0. The Balaban J connectivity index is 1.84. The van der Waals surface area contributed by atoms with Crippen molar-refractivity contribution in [3.05, 3.63) is 47.5 Å². The zero-order valence-electron chi connectivity index (χ0n) is 18.6. The number of benzene rings is 2. The number of nitrogens with zero attached hydrogens (tertiary/aromatic N) is 1. The number of amides is 1. The molecule has 168 valence electrons. The van der Waals surface area contributed by atoms with Gasteiger partial charge in [-0.3, -0.25) is 9.69 Å². The summed E-state index contributed by atoms with van der Waals surface area (Å²) < 4.78 is 17.2. The number of thioether (sulfide) groups is 1. The van der Waals surface area contributed by atoms with E-state index in [2.05, 4.69) is 16.3 Å². The first-order valence-corrected chi connectivity index (χ1v) is 12.1. The molecule has 0 aliphatic carbocycles. The van der Waals surface area contributed by atoms with E-state index in [1.54, 1.807) is 12.1 Å². The van der Waals surface area contributed by atoms with Gasteiger partial charge in [-0.15, -0.1) is 0 Å². The summed E-state index contributed by atoms with van der Waals surface area (Å²) in [4.78, 5) is 15.6. The Bertz CT molecular complexity index is 841. The molecule has 1 aliphatic heterocycles. The van der Waals surface area contributed by atoms with Gasteiger partial charge in [0.25, 0.3) is 5.91 Å². The van der Waals surface area contributed by atoms with Gasteiger partial charge in [-0.25, -0.2) is 0 Å². The molecule has 0 bridgehead atoms. The van der Waals surface area contributed by atoms with Gasteiger partial charge in [-0.2, -0.15) is 11.8 Å². The van der Waals surface area contributed by atoms with Gasteiger partial charge >= 0.3 is 0 Å². The quantitative estimate of drug-likeness (QED) is 0.574. The van der Waals surface area contributed by atoms with Crippen molar-refractivity contribution < 1.29 is 19.0 Å². The number of carbonyl (C=O) groups excluding carboxylic acids is 1. The van der Waals surface area contributed by atoms with Gasteiger partial charge in [0.1, 0.15) is 0 Å². The van der Waals surface area contributed by atoms with Crippen molar-refractivity contribution in [2.75, 3.05) is 49.7 Å². The predicted molar refractivity (Wildman–Crippen MR) is 127 cm³/mol. The number of nitrogens with one attached hydrogen (secondary N) is 1. The van der Waals surface area contributed by atoms with Crippen LogP contribution in [0.15, 0.2) is 36.4 Å². The van der Waals surface area contributed by atoms with Crippen molar-refractivity contribution >= 4 is 23.4 Å². The number of carbonyl (C=O) groups is 1. The number of para-hydroxylation sites is 1. The highest BCUT2D eigenvalue weighted by atomic mass is 32.2. The minimum Gasteiger partial charge on any atom is -0.490 e. The molecule has 1 aliphatic rings. The number of hydrogen-bond donors (Lipinski definition) is 1. The van der Waals surface area contributed by atoms with E-state index in [9.17, 15) is 4.79 Å². The van der Waals surface area contributed by atoms with Gasteiger partial charge in [0.2, 0.25) is 5.75 Å². The molecular formula is C24H32N2O4S. The van der Waals surface area contributed by atoms with Crippen molar-refractivity contribution in [2.45, 2.75) is 27.3 Å². The fourth-order valence-electron chi connectivity index (χ4n) is 3.49. The van der Waals surface area contributed by atoms with E-state index < -0.39 is 0 Å². The van der Waals surface area contributed by atoms with Crippen LogP contribution in [-0.4, -0.2) is 55.2 Å². The van der Waals surface area contributed by atoms with Crippen LogP contribution in [0, 0.1) is 0 Å². The summed E-state index contributed by atoms with van der Waals surface area (Å²) in [6.45, 7) is 10.1. The first-order chi connectivity index (χ1) is 15.2. The lowest BCUT2D eigenvalue weighted by atomic mass is 10.1. The van der Waals surface area contributed by atoms with Gasteiger partial charge in [-0.05, 0) is 44.5 Å². The maximum absolute atomic E-state index is 13.2. The summed E-state index contributed by atoms with van der Waals surface area (Å²) in [6, 6.07) is 11.4. The molecule has 1 saturated heterocycles. The van der Waals surface area contributed by atoms with E-state index in [1.807, 2.05) is 50.7 Å². The maximum atomic E-state index is 13.2. The average molecular weight is 445 g/mol. The summed E-state index contributed by atoms with van der Waals surface area (Å²) in [5, 5.41) is 3.08. The number of anilines is 1. The van der Waals surface area contributed by atoms with Crippen LogP contribution in [0.3, 0.4) is 0 Å². The summed E-state index contributed by atoms with van der Waals surface area (Å²) in [6.07, 6.45) is 0. The third-order valence-electron chi connectivity index (χ3n) is 4.93. The van der Waals surface area contributed by atoms with Gasteiger partial charge in [0, 0.05) is 42.4 Å². The standard InChI is InChI=1S/C24H32N2O4S/c1-4-28-21-15-19(16-22(29-5-2)23(21)30-6-3)24(27)25-20-10-8-7-9-18(20)17-26-11-13-31-14-12-26/h7-10,15-16H,4-6,11-14,17H2,1-3H3,(H,25,27). The molecule has 31 heavy (non-hydrogen) atoms. The van der Waals surface area contributed by atoms with E-state index in [-0.39, 0.29) is 5.91 Å². The van der Waals surface area contributed by atoms with Crippen molar-refractivity contribution in [3.8, 4) is 17.2 Å². The monoisotopic (exact) mass is 444 g/mol. The molecule has 2 aromatic rings. The molecule has 7 heteroatoms. The van der Waals surface area contributed by atoms with Gasteiger partial charge in [0.15, 0.2) is 11.5 Å². The lowest BCUT2D eigenvalue weighted by Gasteiger charge is -2.27. The highest BCUT2D eigenvalue weighted by Gasteiger charge is 2.19. The second-order valence-electron chi connectivity index (χ2n) is 7.10. The number of rotatable bonds is 10. The fraction of sp³-hybridized carbons (Fsp3) is 0.458. The van der Waals surface area contributed by atoms with Crippen molar-refractivity contribution in [1.82, 2.24) is 4.90 Å². The van der Waals surface area contributed by atoms with E-state index >= 15 is 0 Å². The van der Waals surface area contributed by atoms with Crippen molar-refractivity contribution in [3.63, 3.8) is 0 Å². The van der Waals surface area contributed by atoms with Crippen LogP contribution < -0.4 is 19.5 Å². The topological polar surface area (TPSA) is 60.0 Å². The van der Waals surface area contributed by atoms with Crippen LogP contribution in [0.2, 0.25) is 0 Å². The van der Waals surface area contributed by atoms with Crippen molar-refractivity contribution in [2.24, 2.45) is 0 Å². The Morgan fingerprint density at radius 2 is 1.58 bits per heavy atom. The molecule has 0 atom stereocenters. The van der Waals surface area contributed by atoms with Crippen LogP contribution in [-0.2, 0) is 6.54 Å². The molecule has 1 N–H and O–H groups in total. The molecule has 0 radical (unpaired) electrons. The van der Waals surface area contributed by atoms with Gasteiger partial charge in [-0.1, -0.05) is 18.2 Å². The second-order valence-corrected chi connectivity index (χ2v) is 8.33. The van der Waals surface area contributed by atoms with Gasteiger partial charge < -0.3 is 19.5 Å². The molecule has 2 aromatic carbocycles. The Kier molecular flexibility index (Phi) is 8.91. The zero-order valence-corrected chi connectivity index (χ0v) is 19.4. The molecule has 1 heterocycles. The predicted octanol–water partition coefficient (Wildman–Crippen LogP) is 4.68. The zero-order chi connectivity index (χ0) is 22.1. The third-order valence-corrected chi connectivity index (χ3v) is 5.88. The van der Waals surface area contributed by atoms with Gasteiger partial charge in [0.05, 0.1) is 19.8 Å². The molecule has 1 amide bonds. The van der Waals surface area contributed by atoms with Crippen molar-refractivity contribution in [1.29, 1.82) is 0 Å². The first-order valence-electron chi connectivity index (χ1n) is 10.9. The smallest absolute Gasteiger partial charge is 0.255 e. The molecule has 6 nitrogen and oxygen atoms in total. The van der Waals surface area contributed by atoms with Crippen LogP contribution in [0.5, 0.6) is 17.2 Å². The summed E-state index contributed by atoms with van der Waals surface area (Å²) in [5.74, 6) is 3.67. The lowest BCUT2D eigenvalue weighted by Crippen LogP contribution is -2.32. The Morgan fingerprint density at radius 1 is 0.968 bits per heavy atom. The average Bonchev–Trinajstić information content (AvgIpc) is 2.78. The number of ether oxygens (including phenoxy) is 3. The molecule has 0 spiro atoms. The van der Waals surface area contributed by atoms with E-state index in [4.69, 9.17) is 14.2 Å². The molecule has 1 fully saturated rings. The Hall–Kier alpha value is -2.38. The largest absolute Gasteiger partial charge is 0.490 e. The SMILES string of the molecule is CCOc1cc(C(=O)Nc2ccccc2CN2CCSCC2)cc(OCC)c1OCC. The minimum atomic E-state index is -0.202. The minimum absolute atomic E-state index is 0.202. The Morgan fingerprint density at radius 3 is 2.19 bits per heavy atom. The van der Waals surface area contributed by atoms with Crippen LogP contribution in [0.1, 0.15) is 36.7 Å². The maximum Gasteiger partial charge on any atom is 0.255 e.